The minimum absolute atomic E-state index is 0.118. The highest BCUT2D eigenvalue weighted by molar-refractivity contribution is 5.96. The van der Waals surface area contributed by atoms with Gasteiger partial charge in [0.05, 0.1) is 0 Å². The number of rotatable bonds is 2. The monoisotopic (exact) mass is 317 g/mol. The summed E-state index contributed by atoms with van der Waals surface area (Å²) in [7, 11) is 0. The highest BCUT2D eigenvalue weighted by Gasteiger charge is 2.38. The number of carbonyl (C=O) groups is 1. The lowest BCUT2D eigenvalue weighted by Gasteiger charge is -2.49. The summed E-state index contributed by atoms with van der Waals surface area (Å²) in [5.41, 5.74) is 2.71. The van der Waals surface area contributed by atoms with E-state index in [2.05, 4.69) is 16.8 Å². The maximum Gasteiger partial charge on any atom is 0.261 e. The van der Waals surface area contributed by atoms with Crippen molar-refractivity contribution in [2.45, 2.75) is 59.0 Å². The van der Waals surface area contributed by atoms with Crippen LogP contribution in [0.15, 0.2) is 4.79 Å². The molecule has 0 aliphatic carbocycles. The molecule has 0 aromatic carbocycles. The molecule has 0 unspecified atom stereocenters. The van der Waals surface area contributed by atoms with Crippen LogP contribution in [0.5, 0.6) is 0 Å². The van der Waals surface area contributed by atoms with Gasteiger partial charge < -0.3 is 9.88 Å². The minimum atomic E-state index is -0.259. The van der Waals surface area contributed by atoms with Crippen molar-refractivity contribution in [3.05, 3.63) is 32.7 Å². The third-order valence-electron chi connectivity index (χ3n) is 5.71. The average molecular weight is 317 g/mol. The van der Waals surface area contributed by atoms with Crippen LogP contribution in [-0.4, -0.2) is 52.4 Å². The van der Waals surface area contributed by atoms with Crippen molar-refractivity contribution in [1.29, 1.82) is 0 Å². The predicted molar refractivity (Wildman–Crippen MR) is 91.0 cm³/mol. The van der Waals surface area contributed by atoms with Crippen molar-refractivity contribution in [1.82, 2.24) is 14.8 Å². The Hall–Kier alpha value is -1.62. The Balaban J connectivity index is 1.72. The predicted octanol–water partition coefficient (Wildman–Crippen LogP) is 2.00. The Morgan fingerprint density at radius 1 is 1.13 bits per heavy atom. The highest BCUT2D eigenvalue weighted by Crippen LogP contribution is 2.25. The third-order valence-corrected chi connectivity index (χ3v) is 5.71. The van der Waals surface area contributed by atoms with E-state index in [9.17, 15) is 9.59 Å². The Bertz CT molecular complexity index is 674. The summed E-state index contributed by atoms with van der Waals surface area (Å²) in [5, 5.41) is 0. The second kappa shape index (κ2) is 6.11. The van der Waals surface area contributed by atoms with Crippen LogP contribution in [0.1, 0.15) is 53.4 Å². The van der Waals surface area contributed by atoms with E-state index in [4.69, 9.17) is 0 Å². The number of H-pyrrole nitrogens is 1. The van der Waals surface area contributed by atoms with E-state index in [1.165, 1.54) is 19.3 Å². The number of nitrogens with zero attached hydrogens (tertiary/aromatic N) is 2. The van der Waals surface area contributed by atoms with Gasteiger partial charge in [-0.15, -0.1) is 0 Å². The second-order valence-corrected chi connectivity index (χ2v) is 7.15. The van der Waals surface area contributed by atoms with Crippen LogP contribution in [0.4, 0.5) is 0 Å². The number of nitrogens with one attached hydrogen (secondary N) is 1. The molecule has 1 atom stereocenters. The Morgan fingerprint density at radius 3 is 2.48 bits per heavy atom. The molecule has 2 saturated heterocycles. The first-order valence-electron chi connectivity index (χ1n) is 8.65. The fraction of sp³-hybridized carbons (Fsp3) is 0.667. The molecular weight excluding hydrogens is 290 g/mol. The molecule has 2 aliphatic rings. The lowest BCUT2D eigenvalue weighted by molar-refractivity contribution is 0.00198. The summed E-state index contributed by atoms with van der Waals surface area (Å²) in [4.78, 5) is 32.1. The zero-order valence-corrected chi connectivity index (χ0v) is 14.6. The number of aromatic amines is 1. The fourth-order valence-corrected chi connectivity index (χ4v) is 3.87. The van der Waals surface area contributed by atoms with Crippen LogP contribution < -0.4 is 5.56 Å². The average Bonchev–Trinajstić information content (AvgIpc) is 2.45. The van der Waals surface area contributed by atoms with Crippen molar-refractivity contribution in [3.63, 3.8) is 0 Å². The van der Waals surface area contributed by atoms with Crippen molar-refractivity contribution in [3.8, 4) is 0 Å². The molecule has 0 bridgehead atoms. The number of aromatic nitrogens is 1. The number of carbonyl (C=O) groups excluding carboxylic acids is 1. The number of pyridine rings is 1. The molecule has 5 nitrogen and oxygen atoms in total. The molecule has 0 spiro atoms. The number of hydrogen-bond acceptors (Lipinski definition) is 3. The summed E-state index contributed by atoms with van der Waals surface area (Å²) < 4.78 is 0. The van der Waals surface area contributed by atoms with Gasteiger partial charge in [-0.2, -0.15) is 0 Å². The van der Waals surface area contributed by atoms with Crippen LogP contribution in [0.25, 0.3) is 0 Å². The first kappa shape index (κ1) is 16.2. The fourth-order valence-electron chi connectivity index (χ4n) is 3.87. The molecular formula is C18H27N3O2. The lowest BCUT2D eigenvalue weighted by atomic mass is 9.96. The molecule has 0 saturated carbocycles. The minimum Gasteiger partial charge on any atom is -0.335 e. The van der Waals surface area contributed by atoms with Crippen LogP contribution in [0, 0.1) is 20.8 Å². The maximum absolute atomic E-state index is 12.7. The summed E-state index contributed by atoms with van der Waals surface area (Å²) in [6, 6.07) is 1.07. The number of amides is 1. The molecule has 1 aromatic heterocycles. The summed E-state index contributed by atoms with van der Waals surface area (Å²) in [5.74, 6) is -0.118. The largest absolute Gasteiger partial charge is 0.335 e. The molecule has 2 fully saturated rings. The first-order valence-corrected chi connectivity index (χ1v) is 8.65. The molecule has 23 heavy (non-hydrogen) atoms. The molecule has 5 heteroatoms. The highest BCUT2D eigenvalue weighted by atomic mass is 16.2. The summed E-state index contributed by atoms with van der Waals surface area (Å²) in [6.45, 7) is 10.6. The maximum atomic E-state index is 12.7. The zero-order chi connectivity index (χ0) is 16.7. The number of hydrogen-bond donors (Lipinski definition) is 1. The van der Waals surface area contributed by atoms with Gasteiger partial charge in [-0.25, -0.2) is 0 Å². The van der Waals surface area contributed by atoms with Crippen molar-refractivity contribution < 1.29 is 4.79 Å². The van der Waals surface area contributed by atoms with Crippen LogP contribution in [0.3, 0.4) is 0 Å². The SMILES string of the molecule is Cc1[nH]c(=O)c(C(=O)N2CC(N3CCCC[C@H]3C)C2)c(C)c1C. The second-order valence-electron chi connectivity index (χ2n) is 7.15. The number of likely N-dealkylation sites (tertiary alicyclic amines) is 2. The van der Waals surface area contributed by atoms with Gasteiger partial charge in [0.25, 0.3) is 11.5 Å². The first-order chi connectivity index (χ1) is 10.9. The normalized spacial score (nSPS) is 23.0. The van der Waals surface area contributed by atoms with Gasteiger partial charge >= 0.3 is 0 Å². The van der Waals surface area contributed by atoms with Crippen molar-refractivity contribution >= 4 is 5.91 Å². The molecule has 1 N–H and O–H groups in total. The summed E-state index contributed by atoms with van der Waals surface area (Å²) >= 11 is 0. The van der Waals surface area contributed by atoms with Gasteiger partial charge in [0.2, 0.25) is 0 Å². The number of aryl methyl sites for hydroxylation is 1. The van der Waals surface area contributed by atoms with E-state index in [0.717, 1.165) is 36.5 Å². The standard InChI is InChI=1S/C18H27N3O2/c1-11-7-5-6-8-21(11)15-9-20(10-15)18(23)16-13(3)12(2)14(4)19-17(16)22/h11,15H,5-10H2,1-4H3,(H,19,22)/t11-/m1/s1. The van der Waals surface area contributed by atoms with E-state index in [1.807, 2.05) is 25.7 Å². The molecule has 1 amide bonds. The quantitative estimate of drug-likeness (QED) is 0.907. The Kier molecular flexibility index (Phi) is 4.32. The lowest BCUT2D eigenvalue weighted by Crippen LogP contribution is -2.63. The zero-order valence-electron chi connectivity index (χ0n) is 14.6. The van der Waals surface area contributed by atoms with Crippen LogP contribution >= 0.6 is 0 Å². The van der Waals surface area contributed by atoms with Crippen molar-refractivity contribution in [2.75, 3.05) is 19.6 Å². The van der Waals surface area contributed by atoms with E-state index >= 15 is 0 Å². The molecule has 126 valence electrons. The van der Waals surface area contributed by atoms with Gasteiger partial charge in [0.1, 0.15) is 5.56 Å². The van der Waals surface area contributed by atoms with Gasteiger partial charge in [-0.3, -0.25) is 14.5 Å². The van der Waals surface area contributed by atoms with Gasteiger partial charge in [0.15, 0.2) is 0 Å². The van der Waals surface area contributed by atoms with E-state index in [0.29, 0.717) is 17.6 Å². The van der Waals surface area contributed by atoms with Gasteiger partial charge in [0, 0.05) is 30.9 Å². The Morgan fingerprint density at radius 2 is 1.83 bits per heavy atom. The summed E-state index contributed by atoms with van der Waals surface area (Å²) in [6.07, 6.45) is 3.81. The Labute approximate surface area is 137 Å². The van der Waals surface area contributed by atoms with Gasteiger partial charge in [-0.1, -0.05) is 6.42 Å². The van der Waals surface area contributed by atoms with Crippen molar-refractivity contribution in [2.24, 2.45) is 0 Å². The van der Waals surface area contributed by atoms with E-state index in [1.54, 1.807) is 0 Å². The van der Waals surface area contributed by atoms with E-state index < -0.39 is 0 Å². The van der Waals surface area contributed by atoms with Crippen LogP contribution in [-0.2, 0) is 0 Å². The smallest absolute Gasteiger partial charge is 0.261 e. The third kappa shape index (κ3) is 2.82. The molecule has 3 rings (SSSR count). The topological polar surface area (TPSA) is 56.4 Å². The van der Waals surface area contributed by atoms with Gasteiger partial charge in [-0.05, 0) is 58.2 Å². The van der Waals surface area contributed by atoms with E-state index in [-0.39, 0.29) is 11.5 Å². The molecule has 1 aromatic rings. The molecule has 3 heterocycles. The molecule has 2 aliphatic heterocycles. The van der Waals surface area contributed by atoms with Crippen LogP contribution in [0.2, 0.25) is 0 Å². The molecule has 0 radical (unpaired) electrons. The number of piperidine rings is 1.